The highest BCUT2D eigenvalue weighted by Crippen LogP contribution is 2.48. The highest BCUT2D eigenvalue weighted by molar-refractivity contribution is 6.07. The number of likely N-dealkylation sites (tertiary alicyclic amines) is 1. The van der Waals surface area contributed by atoms with Gasteiger partial charge >= 0.3 is 5.95 Å². The molecule has 61 heavy (non-hydrogen) atoms. The van der Waals surface area contributed by atoms with Gasteiger partial charge in [0, 0.05) is 60.6 Å². The molecule has 0 radical (unpaired) electrons. The summed E-state index contributed by atoms with van der Waals surface area (Å²) in [6.07, 6.45) is 19.0. The molecule has 1 atom stereocenters. The molecule has 322 valence electrons. The summed E-state index contributed by atoms with van der Waals surface area (Å²) in [7, 11) is 0. The van der Waals surface area contributed by atoms with Crippen molar-refractivity contribution in [1.82, 2.24) is 19.8 Å². The number of benzene rings is 3. The Balaban J connectivity index is 0.953. The Labute approximate surface area is 361 Å². The van der Waals surface area contributed by atoms with Crippen molar-refractivity contribution in [2.45, 2.75) is 104 Å². The number of amides is 1. The molecule has 3 aliphatic rings. The number of aliphatic hydroxyl groups excluding tert-OH is 1. The Hall–Kier alpha value is -5.39. The van der Waals surface area contributed by atoms with Crippen LogP contribution in [-0.2, 0) is 28.6 Å². The number of nitro groups is 1. The van der Waals surface area contributed by atoms with Gasteiger partial charge in [-0.1, -0.05) is 86.8 Å². The molecule has 1 fully saturated rings. The number of anilines is 1. The normalized spacial score (nSPS) is 18.8. The monoisotopic (exact) mass is 827 g/mol. The number of rotatable bonds is 17. The number of imidazole rings is 1. The number of nitrogens with zero attached hydrogens (tertiary/aromatic N) is 6. The number of hydrogen-bond acceptors (Lipinski definition) is 7. The average molecular weight is 827 g/mol. The van der Waals surface area contributed by atoms with Gasteiger partial charge in [0.25, 0.3) is 0 Å². The molecule has 1 aromatic heterocycles. The first-order valence-corrected chi connectivity index (χ1v) is 22.3. The first-order valence-electron chi connectivity index (χ1n) is 22.3. The van der Waals surface area contributed by atoms with Gasteiger partial charge < -0.3 is 30.3 Å². The van der Waals surface area contributed by atoms with Crippen molar-refractivity contribution in [2.75, 3.05) is 44.2 Å². The summed E-state index contributed by atoms with van der Waals surface area (Å²) in [4.78, 5) is 32.2. The molecule has 3 aromatic carbocycles. The fraction of sp³-hybridized carbons (Fsp3) is 0.460. The molecule has 0 saturated carbocycles. The van der Waals surface area contributed by atoms with Crippen LogP contribution in [0.2, 0.25) is 0 Å². The number of unbranched alkanes of at least 4 members (excludes halogenated alkanes) is 2. The van der Waals surface area contributed by atoms with Gasteiger partial charge in [0.15, 0.2) is 5.71 Å². The van der Waals surface area contributed by atoms with Crippen LogP contribution in [0.4, 0.5) is 17.3 Å². The van der Waals surface area contributed by atoms with E-state index in [9.17, 15) is 20.0 Å². The standard InChI is InChI=1S/C50H63N7O4/c1-7-9-15-27-56-43-23-21-38-16-13-14-17-40(38)47(43)50(5,6)45(56)19-12-10-11-18-44-49(3,4)41-31-37(20-22-42(41)55(44)8-2)32-46(59)52-33-36-24-28-53(29-25-36)34-39(58)35-54-30-26-51-48(54)57(60)61/h10-14,16-23,26,30-31,36,39,58H,7-9,15,24-25,27-29,32-35H2,1-6H3/p+1. The van der Waals surface area contributed by atoms with Gasteiger partial charge in [-0.25, -0.2) is 4.57 Å². The van der Waals surface area contributed by atoms with E-state index in [1.807, 2.05) is 0 Å². The lowest BCUT2D eigenvalue weighted by Crippen LogP contribution is -2.42. The van der Waals surface area contributed by atoms with Crippen LogP contribution >= 0.6 is 0 Å². The van der Waals surface area contributed by atoms with Gasteiger partial charge in [0.1, 0.15) is 18.9 Å². The van der Waals surface area contributed by atoms with Crippen LogP contribution < -0.4 is 10.2 Å². The molecule has 11 nitrogen and oxygen atoms in total. The highest BCUT2D eigenvalue weighted by atomic mass is 16.6. The van der Waals surface area contributed by atoms with Crippen molar-refractivity contribution in [2.24, 2.45) is 5.92 Å². The third-order valence-corrected chi connectivity index (χ3v) is 13.1. The lowest BCUT2D eigenvalue weighted by atomic mass is 9.79. The van der Waals surface area contributed by atoms with E-state index in [1.54, 1.807) is 0 Å². The Kier molecular flexibility index (Phi) is 13.4. The van der Waals surface area contributed by atoms with E-state index in [4.69, 9.17) is 0 Å². The van der Waals surface area contributed by atoms with Crippen molar-refractivity contribution in [3.05, 3.63) is 130 Å². The Bertz CT molecular complexity index is 2360. The van der Waals surface area contributed by atoms with Gasteiger partial charge in [0.05, 0.1) is 24.5 Å². The SMILES string of the molecule is CCCCC[N+]1=C(/C=C/C=C/C=C2/N(CC)c3ccc(CC(=O)NCC4CCN(CC(O)Cn5ccnc5[N+](=O)[O-])CC4)cc3C2(C)C)C(C)(C)c2c1ccc1ccccc21. The van der Waals surface area contributed by atoms with E-state index < -0.39 is 11.0 Å². The van der Waals surface area contributed by atoms with Gasteiger partial charge in [-0.2, -0.15) is 4.58 Å². The second-order valence-electron chi connectivity index (χ2n) is 18.1. The maximum Gasteiger partial charge on any atom is 0.434 e. The third kappa shape index (κ3) is 9.28. The maximum absolute atomic E-state index is 13.2. The van der Waals surface area contributed by atoms with Crippen LogP contribution in [0.3, 0.4) is 0 Å². The summed E-state index contributed by atoms with van der Waals surface area (Å²) < 4.78 is 3.93. The fourth-order valence-corrected chi connectivity index (χ4v) is 9.90. The molecule has 1 unspecified atom stereocenters. The van der Waals surface area contributed by atoms with E-state index in [2.05, 4.69) is 151 Å². The molecular formula is C50H64N7O4+. The molecule has 0 spiro atoms. The highest BCUT2D eigenvalue weighted by Gasteiger charge is 2.45. The molecule has 3 aliphatic heterocycles. The zero-order chi connectivity index (χ0) is 43.3. The van der Waals surface area contributed by atoms with Crippen LogP contribution in [0.1, 0.15) is 90.3 Å². The minimum Gasteiger partial charge on any atom is -0.390 e. The van der Waals surface area contributed by atoms with E-state index in [1.165, 1.54) is 74.5 Å². The molecule has 4 heterocycles. The second-order valence-corrected chi connectivity index (χ2v) is 18.1. The van der Waals surface area contributed by atoms with Gasteiger partial charge in [-0.05, 0) is 104 Å². The molecular weight excluding hydrogens is 763 g/mol. The predicted octanol–water partition coefficient (Wildman–Crippen LogP) is 8.76. The summed E-state index contributed by atoms with van der Waals surface area (Å²) in [5.74, 6) is 0.128. The number of aromatic nitrogens is 2. The molecule has 0 aliphatic carbocycles. The second kappa shape index (κ2) is 18.7. The Morgan fingerprint density at radius 3 is 2.56 bits per heavy atom. The minimum atomic E-state index is -0.738. The number of carbonyl (C=O) groups excluding carboxylic acids is 1. The number of allylic oxidation sites excluding steroid dienone is 6. The van der Waals surface area contributed by atoms with Crippen molar-refractivity contribution in [1.29, 1.82) is 0 Å². The van der Waals surface area contributed by atoms with Gasteiger partial charge in [-0.15, -0.1) is 0 Å². The summed E-state index contributed by atoms with van der Waals surface area (Å²) in [6.45, 7) is 18.4. The van der Waals surface area contributed by atoms with Gasteiger partial charge in [0.2, 0.25) is 11.6 Å². The quantitative estimate of drug-likeness (QED) is 0.0359. The fourth-order valence-electron chi connectivity index (χ4n) is 9.90. The summed E-state index contributed by atoms with van der Waals surface area (Å²) in [5.41, 5.74) is 8.41. The third-order valence-electron chi connectivity index (χ3n) is 13.1. The number of nitrogens with one attached hydrogen (secondary N) is 1. The number of carbonyl (C=O) groups is 1. The zero-order valence-electron chi connectivity index (χ0n) is 36.9. The first-order chi connectivity index (χ1) is 29.3. The van der Waals surface area contributed by atoms with E-state index in [0.29, 0.717) is 25.4 Å². The van der Waals surface area contributed by atoms with Crippen LogP contribution in [-0.4, -0.2) is 86.0 Å². The Morgan fingerprint density at radius 1 is 1.02 bits per heavy atom. The predicted molar refractivity (Wildman–Crippen MR) is 246 cm³/mol. The number of hydrogen-bond donors (Lipinski definition) is 2. The maximum atomic E-state index is 13.2. The number of piperidine rings is 1. The topological polar surface area (TPSA) is 120 Å². The molecule has 1 saturated heterocycles. The van der Waals surface area contributed by atoms with E-state index in [-0.39, 0.29) is 29.2 Å². The van der Waals surface area contributed by atoms with Crippen LogP contribution in [0.15, 0.2) is 103 Å². The number of β-amino-alcohol motifs (C(OH)–C–C–N with tert-alkyl or cyclic N) is 1. The van der Waals surface area contributed by atoms with E-state index in [0.717, 1.165) is 51.0 Å². The first kappa shape index (κ1) is 43.7. The molecule has 1 amide bonds. The van der Waals surface area contributed by atoms with Crippen LogP contribution in [0, 0.1) is 16.0 Å². The van der Waals surface area contributed by atoms with Crippen LogP contribution in [0.25, 0.3) is 10.8 Å². The van der Waals surface area contributed by atoms with E-state index >= 15 is 0 Å². The summed E-state index contributed by atoms with van der Waals surface area (Å²) >= 11 is 0. The van der Waals surface area contributed by atoms with Crippen molar-refractivity contribution < 1.29 is 19.4 Å². The summed E-state index contributed by atoms with van der Waals surface area (Å²) in [5, 5.41) is 27.6. The van der Waals surface area contributed by atoms with Crippen LogP contribution in [0.5, 0.6) is 0 Å². The lowest BCUT2D eigenvalue weighted by molar-refractivity contribution is -0.438. The van der Waals surface area contributed by atoms with Gasteiger partial charge in [-0.3, -0.25) is 4.79 Å². The molecule has 0 bridgehead atoms. The van der Waals surface area contributed by atoms with Crippen molar-refractivity contribution in [3.63, 3.8) is 0 Å². The minimum absolute atomic E-state index is 0.0249. The zero-order valence-corrected chi connectivity index (χ0v) is 36.9. The van der Waals surface area contributed by atoms with Crippen molar-refractivity contribution >= 4 is 39.7 Å². The largest absolute Gasteiger partial charge is 0.434 e. The lowest BCUT2D eigenvalue weighted by Gasteiger charge is -2.33. The number of aliphatic hydroxyl groups is 1. The number of likely N-dealkylation sites (N-methyl/N-ethyl adjacent to an activating group) is 1. The summed E-state index contributed by atoms with van der Waals surface area (Å²) in [6, 6.07) is 19.8. The molecule has 4 aromatic rings. The van der Waals surface area contributed by atoms with Crippen molar-refractivity contribution in [3.8, 4) is 0 Å². The molecule has 7 rings (SSSR count). The molecule has 2 N–H and O–H groups in total. The average Bonchev–Trinajstić information content (AvgIpc) is 3.85. The Morgan fingerprint density at radius 2 is 1.80 bits per heavy atom. The molecule has 11 heteroatoms. The smallest absolute Gasteiger partial charge is 0.390 e. The number of fused-ring (bicyclic) bond motifs is 4.